The fraction of sp³-hybridized carbons (Fsp3) is 0.941. The first-order chi connectivity index (χ1) is 10.0. The summed E-state index contributed by atoms with van der Waals surface area (Å²) in [7, 11) is 0. The summed E-state index contributed by atoms with van der Waals surface area (Å²) < 4.78 is 0. The van der Waals surface area contributed by atoms with Gasteiger partial charge >= 0.3 is 5.97 Å². The van der Waals surface area contributed by atoms with Crippen LogP contribution in [0.4, 0.5) is 0 Å². The van der Waals surface area contributed by atoms with Crippen LogP contribution in [0, 0.1) is 5.92 Å². The molecule has 2 rings (SSSR count). The lowest BCUT2D eigenvalue weighted by Gasteiger charge is -2.41. The van der Waals surface area contributed by atoms with E-state index < -0.39 is 11.5 Å². The van der Waals surface area contributed by atoms with Crippen molar-refractivity contribution in [2.24, 2.45) is 5.92 Å². The Kier molecular flexibility index (Phi) is 5.67. The first kappa shape index (κ1) is 16.8. The van der Waals surface area contributed by atoms with Gasteiger partial charge in [0.25, 0.3) is 0 Å². The van der Waals surface area contributed by atoms with Gasteiger partial charge in [-0.15, -0.1) is 0 Å². The number of carboxylic acid groups (broad SMARTS) is 1. The molecule has 4 atom stereocenters. The maximum Gasteiger partial charge on any atom is 0.324 e. The zero-order valence-electron chi connectivity index (χ0n) is 13.9. The highest BCUT2D eigenvalue weighted by Gasteiger charge is 2.48. The molecule has 2 N–H and O–H groups in total. The number of carboxylic acids is 1. The molecule has 0 aromatic heterocycles. The van der Waals surface area contributed by atoms with Gasteiger partial charge in [0.15, 0.2) is 0 Å². The molecule has 0 aromatic rings. The van der Waals surface area contributed by atoms with Gasteiger partial charge < -0.3 is 10.4 Å². The predicted molar refractivity (Wildman–Crippen MR) is 85.5 cm³/mol. The van der Waals surface area contributed by atoms with E-state index in [0.29, 0.717) is 12.1 Å². The van der Waals surface area contributed by atoms with Crippen LogP contribution in [0.3, 0.4) is 0 Å². The number of hydrogen-bond acceptors (Lipinski definition) is 3. The van der Waals surface area contributed by atoms with E-state index in [9.17, 15) is 9.90 Å². The van der Waals surface area contributed by atoms with Gasteiger partial charge in [-0.2, -0.15) is 0 Å². The zero-order valence-corrected chi connectivity index (χ0v) is 13.9. The van der Waals surface area contributed by atoms with E-state index >= 15 is 0 Å². The molecule has 0 bridgehead atoms. The highest BCUT2D eigenvalue weighted by atomic mass is 16.4. The summed E-state index contributed by atoms with van der Waals surface area (Å²) in [5.41, 5.74) is -0.670. The summed E-state index contributed by atoms with van der Waals surface area (Å²) in [6.45, 7) is 8.43. The van der Waals surface area contributed by atoms with Gasteiger partial charge in [0.05, 0.1) is 0 Å². The molecule has 2 unspecified atom stereocenters. The topological polar surface area (TPSA) is 52.6 Å². The summed E-state index contributed by atoms with van der Waals surface area (Å²) in [6, 6.07) is 1.29. The average molecular weight is 296 g/mol. The number of rotatable bonds is 6. The normalized spacial score (nSPS) is 37.8. The lowest BCUT2D eigenvalue weighted by molar-refractivity contribution is -0.146. The van der Waals surface area contributed by atoms with Gasteiger partial charge in [0.1, 0.15) is 5.54 Å². The Morgan fingerprint density at radius 2 is 1.90 bits per heavy atom. The zero-order chi connectivity index (χ0) is 15.5. The van der Waals surface area contributed by atoms with E-state index in [4.69, 9.17) is 0 Å². The van der Waals surface area contributed by atoms with Crippen LogP contribution in [0.25, 0.3) is 0 Å². The van der Waals surface area contributed by atoms with Crippen LogP contribution in [0.2, 0.25) is 0 Å². The maximum absolute atomic E-state index is 11.8. The van der Waals surface area contributed by atoms with Crippen molar-refractivity contribution in [3.8, 4) is 0 Å². The standard InChI is InChI=1S/C17H32N2O2/c1-4-18-17(16(20)21)11-6-9-15(17)10-12-19-13(2)7-5-8-14(19)3/h13-15,18H,4-12H2,1-3H3,(H,20,21)/t13-,14+,15?,17?. The molecule has 1 aliphatic heterocycles. The molecule has 0 spiro atoms. The second-order valence-corrected chi connectivity index (χ2v) is 7.05. The number of aliphatic carboxylic acids is 1. The van der Waals surface area contributed by atoms with E-state index in [0.717, 1.165) is 38.8 Å². The minimum absolute atomic E-state index is 0.274. The fourth-order valence-electron chi connectivity index (χ4n) is 4.59. The quantitative estimate of drug-likeness (QED) is 0.791. The largest absolute Gasteiger partial charge is 0.480 e. The van der Waals surface area contributed by atoms with Crippen molar-refractivity contribution in [3.63, 3.8) is 0 Å². The molecule has 21 heavy (non-hydrogen) atoms. The van der Waals surface area contributed by atoms with Crippen molar-refractivity contribution in [2.75, 3.05) is 13.1 Å². The predicted octanol–water partition coefficient (Wildman–Crippen LogP) is 2.87. The van der Waals surface area contributed by atoms with Crippen molar-refractivity contribution in [1.82, 2.24) is 10.2 Å². The highest BCUT2D eigenvalue weighted by Crippen LogP contribution is 2.39. The molecule has 0 radical (unpaired) electrons. The van der Waals surface area contributed by atoms with Crippen LogP contribution >= 0.6 is 0 Å². The van der Waals surface area contributed by atoms with Gasteiger partial charge in [0.2, 0.25) is 0 Å². The van der Waals surface area contributed by atoms with Crippen molar-refractivity contribution in [3.05, 3.63) is 0 Å². The Hall–Kier alpha value is -0.610. The Balaban J connectivity index is 1.99. The van der Waals surface area contributed by atoms with Crippen LogP contribution < -0.4 is 5.32 Å². The molecule has 0 aromatic carbocycles. The third-order valence-electron chi connectivity index (χ3n) is 5.81. The number of carbonyl (C=O) groups is 1. The first-order valence-corrected chi connectivity index (χ1v) is 8.75. The second kappa shape index (κ2) is 7.10. The Morgan fingerprint density at radius 1 is 1.24 bits per heavy atom. The van der Waals surface area contributed by atoms with Crippen molar-refractivity contribution < 1.29 is 9.90 Å². The molecule has 1 heterocycles. The third kappa shape index (κ3) is 3.42. The van der Waals surface area contributed by atoms with E-state index in [2.05, 4.69) is 24.1 Å². The minimum atomic E-state index is -0.670. The number of nitrogens with one attached hydrogen (secondary N) is 1. The Labute approximate surface area is 129 Å². The molecule has 2 fully saturated rings. The molecule has 4 heteroatoms. The van der Waals surface area contributed by atoms with Gasteiger partial charge in [-0.25, -0.2) is 0 Å². The highest BCUT2D eigenvalue weighted by molar-refractivity contribution is 5.79. The molecule has 2 aliphatic rings. The second-order valence-electron chi connectivity index (χ2n) is 7.05. The monoisotopic (exact) mass is 296 g/mol. The molecular formula is C17H32N2O2. The van der Waals surface area contributed by atoms with E-state index in [1.54, 1.807) is 0 Å². The Morgan fingerprint density at radius 3 is 2.48 bits per heavy atom. The SMILES string of the molecule is CCNC1(C(=O)O)CCCC1CCN1[C@H](C)CCC[C@@H]1C. The number of nitrogens with zero attached hydrogens (tertiary/aromatic N) is 1. The minimum Gasteiger partial charge on any atom is -0.480 e. The molecule has 1 saturated heterocycles. The van der Waals surface area contributed by atoms with Crippen LogP contribution in [0.5, 0.6) is 0 Å². The fourth-order valence-corrected chi connectivity index (χ4v) is 4.59. The number of likely N-dealkylation sites (N-methyl/N-ethyl adjacent to an activating group) is 1. The third-order valence-corrected chi connectivity index (χ3v) is 5.81. The van der Waals surface area contributed by atoms with E-state index in [-0.39, 0.29) is 5.92 Å². The van der Waals surface area contributed by atoms with Gasteiger partial charge in [0, 0.05) is 12.1 Å². The summed E-state index contributed by atoms with van der Waals surface area (Å²) >= 11 is 0. The number of likely N-dealkylation sites (tertiary alicyclic amines) is 1. The van der Waals surface area contributed by atoms with E-state index in [1.165, 1.54) is 19.3 Å². The van der Waals surface area contributed by atoms with Gasteiger partial charge in [-0.3, -0.25) is 9.69 Å². The Bertz CT molecular complexity index is 351. The van der Waals surface area contributed by atoms with Crippen molar-refractivity contribution in [2.45, 2.75) is 83.3 Å². The summed E-state index contributed by atoms with van der Waals surface area (Å²) in [5.74, 6) is -0.372. The molecule has 0 amide bonds. The van der Waals surface area contributed by atoms with Crippen molar-refractivity contribution >= 4 is 5.97 Å². The lowest BCUT2D eigenvalue weighted by atomic mass is 9.84. The molecule has 1 aliphatic carbocycles. The average Bonchev–Trinajstić information content (AvgIpc) is 2.83. The van der Waals surface area contributed by atoms with E-state index in [1.807, 2.05) is 6.92 Å². The van der Waals surface area contributed by atoms with Crippen LogP contribution in [-0.2, 0) is 4.79 Å². The van der Waals surface area contributed by atoms with Crippen LogP contribution in [0.15, 0.2) is 0 Å². The first-order valence-electron chi connectivity index (χ1n) is 8.75. The van der Waals surface area contributed by atoms with Gasteiger partial charge in [-0.1, -0.05) is 19.8 Å². The van der Waals surface area contributed by atoms with Gasteiger partial charge in [-0.05, 0) is 65.0 Å². The summed E-state index contributed by atoms with van der Waals surface area (Å²) in [6.07, 6.45) is 7.78. The van der Waals surface area contributed by atoms with Crippen LogP contribution in [0.1, 0.15) is 65.7 Å². The molecular weight excluding hydrogens is 264 g/mol. The lowest BCUT2D eigenvalue weighted by Crippen LogP contribution is -2.55. The van der Waals surface area contributed by atoms with Crippen LogP contribution in [-0.4, -0.2) is 46.7 Å². The maximum atomic E-state index is 11.8. The number of hydrogen-bond donors (Lipinski definition) is 2. The molecule has 122 valence electrons. The molecule has 4 nitrogen and oxygen atoms in total. The summed E-state index contributed by atoms with van der Waals surface area (Å²) in [4.78, 5) is 14.4. The van der Waals surface area contributed by atoms with Crippen molar-refractivity contribution in [1.29, 1.82) is 0 Å². The number of piperidine rings is 1. The molecule has 1 saturated carbocycles. The summed E-state index contributed by atoms with van der Waals surface area (Å²) in [5, 5.41) is 13.0. The smallest absolute Gasteiger partial charge is 0.324 e.